The summed E-state index contributed by atoms with van der Waals surface area (Å²) in [5.74, 6) is 0.537. The maximum atomic E-state index is 10.7. The van der Waals surface area contributed by atoms with Crippen molar-refractivity contribution in [3.63, 3.8) is 0 Å². The molecule has 0 aromatic carbocycles. The van der Waals surface area contributed by atoms with Crippen molar-refractivity contribution in [2.75, 3.05) is 13.0 Å². The summed E-state index contributed by atoms with van der Waals surface area (Å²) in [7, 11) is 1.31. The van der Waals surface area contributed by atoms with Gasteiger partial charge >= 0.3 is 6.09 Å². The summed E-state index contributed by atoms with van der Waals surface area (Å²) in [6, 6.07) is 0. The normalized spacial score (nSPS) is 24.8. The van der Waals surface area contributed by atoms with Crippen molar-refractivity contribution < 1.29 is 19.2 Å². The highest BCUT2D eigenvalue weighted by molar-refractivity contribution is 8.14. The number of ether oxygens (including phenoxy) is 1. The lowest BCUT2D eigenvalue weighted by Gasteiger charge is -2.01. The lowest BCUT2D eigenvalue weighted by Crippen LogP contribution is -2.22. The average molecular weight is 206 g/mol. The second-order valence-electron chi connectivity index (χ2n) is 2.19. The monoisotopic (exact) mass is 206 g/mol. The van der Waals surface area contributed by atoms with Gasteiger partial charge in [-0.3, -0.25) is 9.68 Å². The fraction of sp³-hybridized carbons (Fsp3) is 0.667. The van der Waals surface area contributed by atoms with Crippen LogP contribution in [-0.2, 0) is 14.4 Å². The molecule has 1 atom stereocenters. The molecule has 0 saturated carbocycles. The highest BCUT2D eigenvalue weighted by Crippen LogP contribution is 2.19. The fourth-order valence-electron chi connectivity index (χ4n) is 0.674. The van der Waals surface area contributed by atoms with Crippen LogP contribution in [0.2, 0.25) is 0 Å². The molecular formula is C6H10N2O4S. The molecule has 1 aliphatic rings. The average Bonchev–Trinajstić information content (AvgIpc) is 2.48. The molecule has 1 fully saturated rings. The number of nitrogens with one attached hydrogen (secondary N) is 1. The summed E-state index contributed by atoms with van der Waals surface area (Å²) in [4.78, 5) is 19.5. The molecular weight excluding hydrogens is 196 g/mol. The third-order valence-corrected chi connectivity index (χ3v) is 2.23. The molecule has 13 heavy (non-hydrogen) atoms. The van der Waals surface area contributed by atoms with Crippen molar-refractivity contribution in [3.05, 3.63) is 0 Å². The molecule has 0 aliphatic carbocycles. The molecule has 0 bridgehead atoms. The second kappa shape index (κ2) is 5.05. The smallest absolute Gasteiger partial charge is 0.361 e. The minimum atomic E-state index is -0.755. The van der Waals surface area contributed by atoms with Crippen LogP contribution in [-0.4, -0.2) is 30.3 Å². The topological polar surface area (TPSA) is 69.2 Å². The Morgan fingerprint density at radius 1 is 1.85 bits per heavy atom. The van der Waals surface area contributed by atoms with Crippen LogP contribution in [0, 0.1) is 0 Å². The summed E-state index contributed by atoms with van der Waals surface area (Å²) >= 11 is 1.39. The molecule has 1 N–H and O–H groups in total. The van der Waals surface area contributed by atoms with Crippen LogP contribution in [0.4, 0.5) is 4.79 Å². The van der Waals surface area contributed by atoms with Gasteiger partial charge in [0, 0.05) is 0 Å². The van der Waals surface area contributed by atoms with E-state index in [4.69, 9.17) is 4.74 Å². The molecule has 1 aliphatic heterocycles. The minimum Gasteiger partial charge on any atom is -0.361 e. The quantitative estimate of drug-likeness (QED) is 0.532. The molecule has 1 rings (SSSR count). The van der Waals surface area contributed by atoms with E-state index in [0.29, 0.717) is 11.0 Å². The molecule has 6 nitrogen and oxygen atoms in total. The summed E-state index contributed by atoms with van der Waals surface area (Å²) in [6.45, 7) is 1.83. The van der Waals surface area contributed by atoms with Crippen molar-refractivity contribution in [1.82, 2.24) is 5.48 Å². The third-order valence-electron chi connectivity index (χ3n) is 1.28. The number of rotatable bonds is 2. The number of hydrogen-bond donors (Lipinski definition) is 1. The van der Waals surface area contributed by atoms with E-state index in [1.165, 1.54) is 18.9 Å². The minimum absolute atomic E-state index is 0.111. The van der Waals surface area contributed by atoms with Crippen LogP contribution in [0.15, 0.2) is 5.16 Å². The van der Waals surface area contributed by atoms with E-state index in [-0.39, 0.29) is 6.10 Å². The van der Waals surface area contributed by atoms with E-state index >= 15 is 0 Å². The van der Waals surface area contributed by atoms with Crippen LogP contribution in [0.5, 0.6) is 0 Å². The van der Waals surface area contributed by atoms with Crippen LogP contribution in [0.25, 0.3) is 0 Å². The van der Waals surface area contributed by atoms with Gasteiger partial charge in [0.2, 0.25) is 0 Å². The lowest BCUT2D eigenvalue weighted by molar-refractivity contribution is 0.0595. The highest BCUT2D eigenvalue weighted by atomic mass is 32.2. The van der Waals surface area contributed by atoms with Gasteiger partial charge in [-0.2, -0.15) is 5.48 Å². The fourth-order valence-corrected chi connectivity index (χ4v) is 1.46. The van der Waals surface area contributed by atoms with E-state index in [9.17, 15) is 4.79 Å². The Morgan fingerprint density at radius 3 is 3.15 bits per heavy atom. The van der Waals surface area contributed by atoms with Gasteiger partial charge in [-0.15, -0.1) is 0 Å². The zero-order valence-electron chi connectivity index (χ0n) is 7.27. The molecule has 0 aromatic heterocycles. The van der Waals surface area contributed by atoms with Crippen molar-refractivity contribution in [3.8, 4) is 0 Å². The van der Waals surface area contributed by atoms with E-state index in [2.05, 4.69) is 14.8 Å². The molecule has 0 spiro atoms. The first-order valence-electron chi connectivity index (χ1n) is 3.56. The Balaban J connectivity index is 2.34. The standard InChI is InChI=1S/C6H10N2O4S/c1-4-5(13-3-11-4)7-12-6(9)8-10-2/h4H,3H2,1-2H3,(H,8,9). The van der Waals surface area contributed by atoms with Gasteiger partial charge in [-0.05, 0) is 6.92 Å². The molecule has 1 unspecified atom stereocenters. The largest absolute Gasteiger partial charge is 0.457 e. The number of carbonyl (C=O) groups is 1. The predicted molar refractivity (Wildman–Crippen MR) is 47.1 cm³/mol. The molecule has 1 heterocycles. The van der Waals surface area contributed by atoms with E-state index in [1.54, 1.807) is 0 Å². The third kappa shape index (κ3) is 3.21. The number of hydrogen-bond acceptors (Lipinski definition) is 6. The van der Waals surface area contributed by atoms with Crippen molar-refractivity contribution in [2.45, 2.75) is 13.0 Å². The molecule has 1 saturated heterocycles. The van der Waals surface area contributed by atoms with Gasteiger partial charge in [-0.1, -0.05) is 16.9 Å². The molecule has 74 valence electrons. The number of nitrogens with zero attached hydrogens (tertiary/aromatic N) is 1. The maximum Gasteiger partial charge on any atom is 0.457 e. The maximum absolute atomic E-state index is 10.7. The molecule has 0 aromatic rings. The lowest BCUT2D eigenvalue weighted by atomic mass is 10.4. The Morgan fingerprint density at radius 2 is 2.62 bits per heavy atom. The first kappa shape index (κ1) is 10.3. The zero-order valence-corrected chi connectivity index (χ0v) is 8.09. The summed E-state index contributed by atoms with van der Waals surface area (Å²) in [5, 5.41) is 4.23. The van der Waals surface area contributed by atoms with Gasteiger partial charge in [-0.25, -0.2) is 4.79 Å². The van der Waals surface area contributed by atoms with Crippen LogP contribution >= 0.6 is 11.8 Å². The number of oxime groups is 1. The Hall–Kier alpha value is -0.790. The number of hydroxylamine groups is 1. The highest BCUT2D eigenvalue weighted by Gasteiger charge is 2.20. The predicted octanol–water partition coefficient (Wildman–Crippen LogP) is 0.697. The van der Waals surface area contributed by atoms with Crippen molar-refractivity contribution in [2.24, 2.45) is 5.16 Å². The Kier molecular flexibility index (Phi) is 4.00. The molecule has 0 radical (unpaired) electrons. The van der Waals surface area contributed by atoms with E-state index in [1.807, 2.05) is 12.4 Å². The first-order chi connectivity index (χ1) is 6.24. The molecule has 7 heteroatoms. The molecule has 1 amide bonds. The van der Waals surface area contributed by atoms with E-state index in [0.717, 1.165) is 0 Å². The Bertz CT molecular complexity index is 221. The van der Waals surface area contributed by atoms with Crippen LogP contribution < -0.4 is 5.48 Å². The van der Waals surface area contributed by atoms with Gasteiger partial charge < -0.3 is 4.74 Å². The number of thioether (sulfide) groups is 1. The second-order valence-corrected chi connectivity index (χ2v) is 3.13. The SMILES string of the molecule is CONC(=O)ON=C1SCOC1C. The van der Waals surface area contributed by atoms with E-state index < -0.39 is 6.09 Å². The van der Waals surface area contributed by atoms with Gasteiger partial charge in [0.05, 0.1) is 13.0 Å². The van der Waals surface area contributed by atoms with Gasteiger partial charge in [0.1, 0.15) is 11.1 Å². The van der Waals surface area contributed by atoms with Gasteiger partial charge in [0.25, 0.3) is 0 Å². The van der Waals surface area contributed by atoms with Crippen LogP contribution in [0.3, 0.4) is 0 Å². The Labute approximate surface area is 79.5 Å². The van der Waals surface area contributed by atoms with Crippen molar-refractivity contribution in [1.29, 1.82) is 0 Å². The number of amides is 1. The summed E-state index contributed by atoms with van der Waals surface area (Å²) < 4.78 is 5.15. The van der Waals surface area contributed by atoms with Crippen LogP contribution in [0.1, 0.15) is 6.92 Å². The zero-order chi connectivity index (χ0) is 9.68. The summed E-state index contributed by atoms with van der Waals surface area (Å²) in [6.07, 6.45) is -0.866. The van der Waals surface area contributed by atoms with Crippen molar-refractivity contribution >= 4 is 22.9 Å². The van der Waals surface area contributed by atoms with Gasteiger partial charge in [0.15, 0.2) is 0 Å². The number of carbonyl (C=O) groups excluding carboxylic acids is 1. The first-order valence-corrected chi connectivity index (χ1v) is 4.55. The summed E-state index contributed by atoms with van der Waals surface area (Å²) in [5.41, 5.74) is 1.97.